The van der Waals surface area contributed by atoms with Gasteiger partial charge in [-0.2, -0.15) is 0 Å². The van der Waals surface area contributed by atoms with Gasteiger partial charge in [-0.15, -0.1) is 0 Å². The third-order valence-electron chi connectivity index (χ3n) is 2.08. The van der Waals surface area contributed by atoms with Gasteiger partial charge in [0.2, 0.25) is 0 Å². The van der Waals surface area contributed by atoms with E-state index < -0.39 is 0 Å². The van der Waals surface area contributed by atoms with Crippen molar-refractivity contribution in [3.05, 3.63) is 11.3 Å². The van der Waals surface area contributed by atoms with Crippen LogP contribution in [-0.2, 0) is 0 Å². The van der Waals surface area contributed by atoms with Gasteiger partial charge in [-0.3, -0.25) is 0 Å². The van der Waals surface area contributed by atoms with Gasteiger partial charge in [0.1, 0.15) is 0 Å². The van der Waals surface area contributed by atoms with E-state index in [1.165, 1.54) is 17.7 Å². The quantitative estimate of drug-likeness (QED) is 0.421. The SMILES string of the molecule is NC1=NC(Cl)C2=C(CCC2)N1. The first-order valence-electron chi connectivity index (χ1n) is 3.73. The van der Waals surface area contributed by atoms with E-state index in [0.29, 0.717) is 5.96 Å². The second-order valence-corrected chi connectivity index (χ2v) is 3.25. The van der Waals surface area contributed by atoms with Crippen molar-refractivity contribution in [2.75, 3.05) is 0 Å². The third kappa shape index (κ3) is 1.09. The van der Waals surface area contributed by atoms with Gasteiger partial charge in [0.25, 0.3) is 0 Å². The average molecular weight is 172 g/mol. The van der Waals surface area contributed by atoms with Gasteiger partial charge in [-0.05, 0) is 24.8 Å². The molecule has 0 saturated carbocycles. The standard InChI is InChI=1S/C7H10ClN3/c8-6-4-2-1-3-5(4)10-7(9)11-6/h6H,1-3H2,(H3,9,10,11). The molecule has 3 N–H and O–H groups in total. The summed E-state index contributed by atoms with van der Waals surface area (Å²) in [6, 6.07) is 0. The van der Waals surface area contributed by atoms with Crippen molar-refractivity contribution >= 4 is 17.6 Å². The molecule has 0 aromatic heterocycles. The van der Waals surface area contributed by atoms with Crippen LogP contribution in [0.1, 0.15) is 19.3 Å². The maximum Gasteiger partial charge on any atom is 0.194 e. The summed E-state index contributed by atoms with van der Waals surface area (Å²) in [4.78, 5) is 4.02. The number of alkyl halides is 1. The summed E-state index contributed by atoms with van der Waals surface area (Å²) < 4.78 is 0. The predicted molar refractivity (Wildman–Crippen MR) is 45.3 cm³/mol. The number of halogens is 1. The normalized spacial score (nSPS) is 29.5. The number of hydrogen-bond acceptors (Lipinski definition) is 3. The third-order valence-corrected chi connectivity index (χ3v) is 2.44. The van der Waals surface area contributed by atoms with Gasteiger partial charge in [-0.25, -0.2) is 4.99 Å². The number of nitrogens with two attached hydrogens (primary N) is 1. The van der Waals surface area contributed by atoms with Crippen LogP contribution in [0.15, 0.2) is 16.3 Å². The summed E-state index contributed by atoms with van der Waals surface area (Å²) in [6.07, 6.45) is 3.30. The van der Waals surface area contributed by atoms with Gasteiger partial charge in [0, 0.05) is 5.70 Å². The Labute approximate surface area is 70.3 Å². The van der Waals surface area contributed by atoms with Crippen molar-refractivity contribution < 1.29 is 0 Å². The van der Waals surface area contributed by atoms with Crippen LogP contribution in [0.2, 0.25) is 0 Å². The molecule has 0 aromatic rings. The highest BCUT2D eigenvalue weighted by Gasteiger charge is 2.24. The van der Waals surface area contributed by atoms with E-state index in [9.17, 15) is 0 Å². The van der Waals surface area contributed by atoms with Crippen molar-refractivity contribution in [2.24, 2.45) is 10.7 Å². The molecule has 0 saturated heterocycles. The van der Waals surface area contributed by atoms with Gasteiger partial charge in [0.15, 0.2) is 11.5 Å². The molecule has 2 aliphatic rings. The van der Waals surface area contributed by atoms with E-state index in [4.69, 9.17) is 17.3 Å². The smallest absolute Gasteiger partial charge is 0.194 e. The number of guanidine groups is 1. The number of nitrogens with zero attached hydrogens (tertiary/aromatic N) is 1. The van der Waals surface area contributed by atoms with Gasteiger partial charge < -0.3 is 11.1 Å². The molecule has 4 heteroatoms. The van der Waals surface area contributed by atoms with Crippen LogP contribution < -0.4 is 11.1 Å². The molecule has 2 rings (SSSR count). The van der Waals surface area contributed by atoms with E-state index in [2.05, 4.69) is 10.3 Å². The van der Waals surface area contributed by atoms with Gasteiger partial charge in [-0.1, -0.05) is 11.6 Å². The zero-order valence-corrected chi connectivity index (χ0v) is 6.86. The molecule has 0 amide bonds. The Hall–Kier alpha value is -0.700. The fourth-order valence-corrected chi connectivity index (χ4v) is 1.91. The molecule has 0 radical (unpaired) electrons. The second-order valence-electron chi connectivity index (χ2n) is 2.83. The lowest BCUT2D eigenvalue weighted by Gasteiger charge is -2.17. The van der Waals surface area contributed by atoms with Crippen molar-refractivity contribution in [1.82, 2.24) is 5.32 Å². The van der Waals surface area contributed by atoms with Crippen LogP contribution in [0.3, 0.4) is 0 Å². The van der Waals surface area contributed by atoms with Crippen molar-refractivity contribution in [3.8, 4) is 0 Å². The maximum atomic E-state index is 5.95. The first kappa shape index (κ1) is 6.98. The first-order valence-corrected chi connectivity index (χ1v) is 4.17. The summed E-state index contributed by atoms with van der Waals surface area (Å²) >= 11 is 5.95. The number of allylic oxidation sites excluding steroid dienone is 1. The number of nitrogens with one attached hydrogen (secondary N) is 1. The second kappa shape index (κ2) is 2.41. The van der Waals surface area contributed by atoms with E-state index >= 15 is 0 Å². The molecule has 1 heterocycles. The summed E-state index contributed by atoms with van der Waals surface area (Å²) in [5.41, 5.74) is 7.70. The lowest BCUT2D eigenvalue weighted by Crippen LogP contribution is -2.35. The molecule has 1 unspecified atom stereocenters. The van der Waals surface area contributed by atoms with Crippen LogP contribution in [0, 0.1) is 0 Å². The van der Waals surface area contributed by atoms with Crippen LogP contribution in [0.25, 0.3) is 0 Å². The van der Waals surface area contributed by atoms with Crippen LogP contribution >= 0.6 is 11.6 Å². The first-order chi connectivity index (χ1) is 5.27. The molecular formula is C7H10ClN3. The lowest BCUT2D eigenvalue weighted by atomic mass is 10.2. The minimum Gasteiger partial charge on any atom is -0.370 e. The number of hydrogen-bond donors (Lipinski definition) is 2. The molecule has 60 valence electrons. The van der Waals surface area contributed by atoms with Crippen molar-refractivity contribution in [3.63, 3.8) is 0 Å². The highest BCUT2D eigenvalue weighted by Crippen LogP contribution is 2.31. The van der Waals surface area contributed by atoms with E-state index in [1.807, 2.05) is 0 Å². The topological polar surface area (TPSA) is 50.4 Å². The minimum atomic E-state index is -0.214. The molecular weight excluding hydrogens is 162 g/mol. The minimum absolute atomic E-state index is 0.214. The number of rotatable bonds is 0. The predicted octanol–water partition coefficient (Wildman–Crippen LogP) is 0.907. The van der Waals surface area contributed by atoms with E-state index in [-0.39, 0.29) is 5.50 Å². The van der Waals surface area contributed by atoms with E-state index in [1.54, 1.807) is 0 Å². The Bertz CT molecular complexity index is 244. The molecule has 0 spiro atoms. The molecule has 11 heavy (non-hydrogen) atoms. The molecule has 0 bridgehead atoms. The highest BCUT2D eigenvalue weighted by molar-refractivity contribution is 6.23. The zero-order valence-electron chi connectivity index (χ0n) is 6.10. The van der Waals surface area contributed by atoms with Crippen LogP contribution in [0.4, 0.5) is 0 Å². The monoisotopic (exact) mass is 171 g/mol. The largest absolute Gasteiger partial charge is 0.370 e. The van der Waals surface area contributed by atoms with Crippen molar-refractivity contribution in [2.45, 2.75) is 24.8 Å². The van der Waals surface area contributed by atoms with Crippen molar-refractivity contribution in [1.29, 1.82) is 0 Å². The Morgan fingerprint density at radius 2 is 2.36 bits per heavy atom. The molecule has 1 aliphatic carbocycles. The number of aliphatic imine (C=N–C) groups is 1. The fourth-order valence-electron chi connectivity index (χ4n) is 1.56. The van der Waals surface area contributed by atoms with Gasteiger partial charge in [0.05, 0.1) is 0 Å². The summed E-state index contributed by atoms with van der Waals surface area (Å²) in [6.45, 7) is 0. The lowest BCUT2D eigenvalue weighted by molar-refractivity contribution is 0.871. The average Bonchev–Trinajstić information content (AvgIpc) is 2.34. The molecule has 0 fully saturated rings. The maximum absolute atomic E-state index is 5.95. The van der Waals surface area contributed by atoms with E-state index in [0.717, 1.165) is 12.8 Å². The molecule has 3 nitrogen and oxygen atoms in total. The Kier molecular flexibility index (Phi) is 1.53. The highest BCUT2D eigenvalue weighted by atomic mass is 35.5. The molecule has 1 aliphatic heterocycles. The van der Waals surface area contributed by atoms with Gasteiger partial charge >= 0.3 is 0 Å². The Morgan fingerprint density at radius 3 is 3.18 bits per heavy atom. The van der Waals surface area contributed by atoms with Crippen LogP contribution in [-0.4, -0.2) is 11.5 Å². The summed E-state index contributed by atoms with van der Waals surface area (Å²) in [7, 11) is 0. The summed E-state index contributed by atoms with van der Waals surface area (Å²) in [5, 5.41) is 3.03. The Morgan fingerprint density at radius 1 is 1.55 bits per heavy atom. The fraction of sp³-hybridized carbons (Fsp3) is 0.571. The Balaban J connectivity index is 2.27. The zero-order chi connectivity index (χ0) is 7.84. The van der Waals surface area contributed by atoms with Crippen LogP contribution in [0.5, 0.6) is 0 Å². The molecule has 1 atom stereocenters. The summed E-state index contributed by atoms with van der Waals surface area (Å²) in [5.74, 6) is 0.450. The molecule has 0 aromatic carbocycles.